The Bertz CT molecular complexity index is 3310. The van der Waals surface area contributed by atoms with E-state index in [-0.39, 0.29) is 5.41 Å². The second kappa shape index (κ2) is 14.4. The quantitative estimate of drug-likeness (QED) is 0.160. The third-order valence-corrected chi connectivity index (χ3v) is 13.7. The summed E-state index contributed by atoms with van der Waals surface area (Å²) in [6.45, 7) is 4.72. The van der Waals surface area contributed by atoms with Gasteiger partial charge in [-0.2, -0.15) is 0 Å². The molecule has 0 saturated carbocycles. The van der Waals surface area contributed by atoms with Gasteiger partial charge in [-0.3, -0.25) is 0 Å². The topological polar surface area (TPSA) is 16.1 Å². The van der Waals surface area contributed by atoms with Gasteiger partial charge in [0.05, 0.1) is 16.6 Å². The monoisotopic (exact) mass is 804 g/mol. The van der Waals surface area contributed by atoms with E-state index in [2.05, 4.69) is 249 Å². The number of aromatic nitrogens is 1. The SMILES string of the molecule is CC1(C)c2ccccc2-c2ccc(N(c3ccccc3)c3ccc4c(c3)-c3ccc(-c5nc6ccccc6cc5-c5ccccc5)cc3C4(c3ccccc3)c3ccccc3)cc21. The maximum atomic E-state index is 5.44. The fraction of sp³-hybridized carbons (Fsp3) is 0.0656. The lowest BCUT2D eigenvalue weighted by Crippen LogP contribution is -2.28. The lowest BCUT2D eigenvalue weighted by atomic mass is 9.67. The Morgan fingerprint density at radius 1 is 0.349 bits per heavy atom. The third kappa shape index (κ3) is 5.68. The van der Waals surface area contributed by atoms with Crippen LogP contribution in [-0.4, -0.2) is 4.98 Å². The lowest BCUT2D eigenvalue weighted by molar-refractivity contribution is 0.660. The Labute approximate surface area is 369 Å². The molecule has 0 radical (unpaired) electrons. The molecular weight excluding hydrogens is 761 g/mol. The van der Waals surface area contributed by atoms with E-state index in [1.165, 1.54) is 55.6 Å². The van der Waals surface area contributed by atoms with E-state index in [1.54, 1.807) is 0 Å². The van der Waals surface area contributed by atoms with Crippen LogP contribution in [0.15, 0.2) is 231 Å². The number of anilines is 3. The van der Waals surface area contributed by atoms with Crippen LogP contribution in [0.1, 0.15) is 47.2 Å². The maximum Gasteiger partial charge on any atom is 0.0788 e. The lowest BCUT2D eigenvalue weighted by Gasteiger charge is -2.34. The van der Waals surface area contributed by atoms with Gasteiger partial charge in [0.15, 0.2) is 0 Å². The Kier molecular flexibility index (Phi) is 8.45. The van der Waals surface area contributed by atoms with Crippen LogP contribution in [0.4, 0.5) is 17.1 Å². The van der Waals surface area contributed by atoms with E-state index in [9.17, 15) is 0 Å². The number of hydrogen-bond donors (Lipinski definition) is 0. The summed E-state index contributed by atoms with van der Waals surface area (Å²) >= 11 is 0. The summed E-state index contributed by atoms with van der Waals surface area (Å²) in [7, 11) is 0. The van der Waals surface area contributed by atoms with Crippen molar-refractivity contribution in [2.45, 2.75) is 24.7 Å². The van der Waals surface area contributed by atoms with Gasteiger partial charge in [0.25, 0.3) is 0 Å². The molecular formula is C61H44N2. The molecule has 0 saturated heterocycles. The number of hydrogen-bond acceptors (Lipinski definition) is 2. The van der Waals surface area contributed by atoms with Crippen molar-refractivity contribution in [3.05, 3.63) is 264 Å². The van der Waals surface area contributed by atoms with E-state index < -0.39 is 5.41 Å². The Morgan fingerprint density at radius 3 is 1.67 bits per heavy atom. The Balaban J connectivity index is 1.10. The number of benzene rings is 9. The van der Waals surface area contributed by atoms with Crippen molar-refractivity contribution in [2.24, 2.45) is 0 Å². The fourth-order valence-electron chi connectivity index (χ4n) is 10.8. The number of rotatable bonds is 7. The molecule has 0 spiro atoms. The van der Waals surface area contributed by atoms with E-state index in [1.807, 2.05) is 0 Å². The van der Waals surface area contributed by atoms with Gasteiger partial charge in [0.2, 0.25) is 0 Å². The van der Waals surface area contributed by atoms with E-state index in [4.69, 9.17) is 4.98 Å². The van der Waals surface area contributed by atoms with Gasteiger partial charge >= 0.3 is 0 Å². The first-order valence-electron chi connectivity index (χ1n) is 22.0. The van der Waals surface area contributed by atoms with Crippen molar-refractivity contribution >= 4 is 28.0 Å². The van der Waals surface area contributed by atoms with Crippen molar-refractivity contribution in [1.82, 2.24) is 4.98 Å². The summed E-state index contributed by atoms with van der Waals surface area (Å²) in [4.78, 5) is 7.87. The van der Waals surface area contributed by atoms with E-state index in [0.717, 1.165) is 50.3 Å². The molecule has 0 atom stereocenters. The molecule has 0 N–H and O–H groups in total. The molecule has 12 rings (SSSR count). The van der Waals surface area contributed by atoms with E-state index in [0.29, 0.717) is 0 Å². The molecule has 1 heterocycles. The highest BCUT2D eigenvalue weighted by atomic mass is 15.1. The standard InChI is InChI=1S/C61H44N2/c1-60(2)54-29-17-16-28-49(54)50-35-32-48(40-56(50)60)63(46-26-13-6-14-27-46)47-33-36-55-53(39-47)51-34-31-43(38-57(51)61(55,44-22-9-4-10-23-44)45-24-11-5-12-25-45)59-52(41-19-7-3-8-20-41)37-42-21-15-18-30-58(42)62-59/h3-40H,1-2H3. The highest BCUT2D eigenvalue weighted by Crippen LogP contribution is 2.58. The number of fused-ring (bicyclic) bond motifs is 7. The summed E-state index contributed by atoms with van der Waals surface area (Å²) in [5.74, 6) is 0. The summed E-state index contributed by atoms with van der Waals surface area (Å²) in [5, 5.41) is 1.13. The molecule has 10 aromatic rings. The van der Waals surface area contributed by atoms with E-state index >= 15 is 0 Å². The predicted octanol–water partition coefficient (Wildman–Crippen LogP) is 15.7. The Morgan fingerprint density at radius 2 is 0.921 bits per heavy atom. The Hall–Kier alpha value is -7.81. The molecule has 2 aliphatic rings. The molecule has 0 unspecified atom stereocenters. The van der Waals surface area contributed by atoms with Crippen LogP contribution in [0.5, 0.6) is 0 Å². The van der Waals surface area contributed by atoms with Gasteiger partial charge in [0.1, 0.15) is 0 Å². The van der Waals surface area contributed by atoms with Crippen LogP contribution in [-0.2, 0) is 10.8 Å². The molecule has 0 aliphatic heterocycles. The molecule has 63 heavy (non-hydrogen) atoms. The zero-order valence-corrected chi connectivity index (χ0v) is 35.3. The fourth-order valence-corrected chi connectivity index (χ4v) is 10.8. The van der Waals surface area contributed by atoms with Crippen molar-refractivity contribution < 1.29 is 0 Å². The molecule has 1 aromatic heterocycles. The average Bonchev–Trinajstić information content (AvgIpc) is 3.77. The first-order valence-corrected chi connectivity index (χ1v) is 22.0. The number of para-hydroxylation sites is 2. The normalized spacial score (nSPS) is 13.8. The molecule has 298 valence electrons. The summed E-state index contributed by atoms with van der Waals surface area (Å²) in [6.07, 6.45) is 0. The second-order valence-electron chi connectivity index (χ2n) is 17.5. The van der Waals surface area contributed by atoms with Gasteiger partial charge in [-0.25, -0.2) is 4.98 Å². The first-order chi connectivity index (χ1) is 31.0. The highest BCUT2D eigenvalue weighted by molar-refractivity contribution is 5.95. The van der Waals surface area contributed by atoms with Crippen LogP contribution in [0, 0.1) is 0 Å². The van der Waals surface area contributed by atoms with Crippen molar-refractivity contribution in [2.75, 3.05) is 4.90 Å². The van der Waals surface area contributed by atoms with Crippen LogP contribution < -0.4 is 4.90 Å². The largest absolute Gasteiger partial charge is 0.310 e. The molecule has 2 aliphatic carbocycles. The smallest absolute Gasteiger partial charge is 0.0788 e. The van der Waals surface area contributed by atoms with Crippen LogP contribution in [0.25, 0.3) is 55.5 Å². The molecule has 0 fully saturated rings. The van der Waals surface area contributed by atoms with Crippen molar-refractivity contribution in [1.29, 1.82) is 0 Å². The summed E-state index contributed by atoms with van der Waals surface area (Å²) in [6, 6.07) is 84.6. The van der Waals surface area contributed by atoms with Crippen LogP contribution >= 0.6 is 0 Å². The summed E-state index contributed by atoms with van der Waals surface area (Å²) < 4.78 is 0. The minimum Gasteiger partial charge on any atom is -0.310 e. The van der Waals surface area contributed by atoms with Crippen molar-refractivity contribution in [3.8, 4) is 44.6 Å². The second-order valence-corrected chi connectivity index (χ2v) is 17.5. The molecule has 2 heteroatoms. The number of nitrogens with zero attached hydrogens (tertiary/aromatic N) is 2. The summed E-state index contributed by atoms with van der Waals surface area (Å²) in [5.41, 5.74) is 20.8. The minimum absolute atomic E-state index is 0.121. The van der Waals surface area contributed by atoms with Crippen molar-refractivity contribution in [3.63, 3.8) is 0 Å². The molecule has 2 nitrogen and oxygen atoms in total. The number of pyridine rings is 1. The molecule has 9 aromatic carbocycles. The maximum absolute atomic E-state index is 5.44. The minimum atomic E-state index is -0.591. The van der Waals surface area contributed by atoms with Gasteiger partial charge in [-0.1, -0.05) is 190 Å². The van der Waals surface area contributed by atoms with Gasteiger partial charge in [-0.15, -0.1) is 0 Å². The first kappa shape index (κ1) is 37.0. The van der Waals surface area contributed by atoms with Crippen LogP contribution in [0.3, 0.4) is 0 Å². The average molecular weight is 805 g/mol. The highest BCUT2D eigenvalue weighted by Gasteiger charge is 2.47. The van der Waals surface area contributed by atoms with Gasteiger partial charge in [-0.05, 0) is 116 Å². The zero-order valence-electron chi connectivity index (χ0n) is 35.3. The van der Waals surface area contributed by atoms with Gasteiger partial charge < -0.3 is 4.90 Å². The zero-order chi connectivity index (χ0) is 42.1. The molecule has 0 amide bonds. The molecule has 0 bridgehead atoms. The predicted molar refractivity (Wildman–Crippen MR) is 262 cm³/mol. The van der Waals surface area contributed by atoms with Gasteiger partial charge in [0, 0.05) is 39.0 Å². The third-order valence-electron chi connectivity index (χ3n) is 13.7. The van der Waals surface area contributed by atoms with Crippen LogP contribution in [0.2, 0.25) is 0 Å².